The number of carbonyl (C=O) groups is 2. The summed E-state index contributed by atoms with van der Waals surface area (Å²) in [4.78, 5) is 26.1. The third kappa shape index (κ3) is 2.10. The SMILES string of the molecule is O=C1N/C(=C2/CCNC(=O)c3[nH]c(I)cc32)C(O)N1. The van der Waals surface area contributed by atoms with Gasteiger partial charge in [0.15, 0.2) is 6.23 Å². The summed E-state index contributed by atoms with van der Waals surface area (Å²) in [6.45, 7) is 0.458. The number of rotatable bonds is 0. The van der Waals surface area contributed by atoms with E-state index in [9.17, 15) is 14.7 Å². The number of H-pyrrole nitrogens is 1. The highest BCUT2D eigenvalue weighted by Crippen LogP contribution is 2.30. The zero-order chi connectivity index (χ0) is 13.6. The molecule has 0 aromatic carbocycles. The molecule has 7 nitrogen and oxygen atoms in total. The van der Waals surface area contributed by atoms with Crippen LogP contribution in [0.15, 0.2) is 11.8 Å². The molecule has 1 fully saturated rings. The van der Waals surface area contributed by atoms with Gasteiger partial charge < -0.3 is 26.0 Å². The van der Waals surface area contributed by atoms with Crippen LogP contribution in [-0.4, -0.2) is 34.8 Å². The average molecular weight is 374 g/mol. The molecule has 1 aromatic rings. The van der Waals surface area contributed by atoms with Crippen molar-refractivity contribution in [2.75, 3.05) is 6.54 Å². The summed E-state index contributed by atoms with van der Waals surface area (Å²) in [5, 5.41) is 17.6. The zero-order valence-corrected chi connectivity index (χ0v) is 11.9. The molecule has 0 radical (unpaired) electrons. The van der Waals surface area contributed by atoms with Crippen LogP contribution in [0.25, 0.3) is 5.57 Å². The van der Waals surface area contributed by atoms with E-state index in [1.165, 1.54) is 0 Å². The second-order valence-electron chi connectivity index (χ2n) is 4.31. The van der Waals surface area contributed by atoms with E-state index < -0.39 is 12.3 Å². The molecule has 3 amide bonds. The molecule has 1 aromatic heterocycles. The number of aromatic amines is 1. The Morgan fingerprint density at radius 1 is 1.37 bits per heavy atom. The first-order valence-electron chi connectivity index (χ1n) is 5.72. The number of nitrogens with one attached hydrogen (secondary N) is 4. The van der Waals surface area contributed by atoms with Gasteiger partial charge in [-0.25, -0.2) is 4.79 Å². The highest BCUT2D eigenvalue weighted by Gasteiger charge is 2.30. The maximum Gasteiger partial charge on any atom is 0.321 e. The van der Waals surface area contributed by atoms with Crippen molar-refractivity contribution in [2.24, 2.45) is 0 Å². The molecule has 8 heteroatoms. The summed E-state index contributed by atoms with van der Waals surface area (Å²) in [6, 6.07) is 1.39. The number of carbonyl (C=O) groups excluding carboxylic acids is 2. The van der Waals surface area contributed by atoms with E-state index in [-0.39, 0.29) is 5.91 Å². The molecular weight excluding hydrogens is 363 g/mol. The smallest absolute Gasteiger partial charge is 0.321 e. The summed E-state index contributed by atoms with van der Waals surface area (Å²) in [5.74, 6) is -0.180. The van der Waals surface area contributed by atoms with E-state index >= 15 is 0 Å². The fourth-order valence-electron chi connectivity index (χ4n) is 2.31. The first kappa shape index (κ1) is 12.5. The number of amides is 3. The maximum atomic E-state index is 11.9. The Bertz CT molecular complexity index is 607. The van der Waals surface area contributed by atoms with E-state index in [0.29, 0.717) is 24.4 Å². The molecule has 0 bridgehead atoms. The summed E-state index contributed by atoms with van der Waals surface area (Å²) >= 11 is 2.08. The Labute approximate surface area is 122 Å². The second-order valence-corrected chi connectivity index (χ2v) is 5.47. The topological polar surface area (TPSA) is 106 Å². The Morgan fingerprint density at radius 2 is 2.16 bits per heavy atom. The van der Waals surface area contributed by atoms with Crippen molar-refractivity contribution in [1.29, 1.82) is 0 Å². The van der Waals surface area contributed by atoms with Crippen LogP contribution >= 0.6 is 22.6 Å². The third-order valence-electron chi connectivity index (χ3n) is 3.11. The van der Waals surface area contributed by atoms with Crippen LogP contribution in [0.3, 0.4) is 0 Å². The van der Waals surface area contributed by atoms with Crippen LogP contribution < -0.4 is 16.0 Å². The minimum atomic E-state index is -1.06. The van der Waals surface area contributed by atoms with E-state index in [1.54, 1.807) is 0 Å². The molecule has 2 aliphatic heterocycles. The number of fused-ring (bicyclic) bond motifs is 1. The van der Waals surface area contributed by atoms with E-state index in [1.807, 2.05) is 6.07 Å². The van der Waals surface area contributed by atoms with Crippen molar-refractivity contribution in [3.8, 4) is 0 Å². The molecule has 0 saturated carbocycles. The number of aromatic nitrogens is 1. The van der Waals surface area contributed by atoms with E-state index in [0.717, 1.165) is 14.8 Å². The number of hydrogen-bond donors (Lipinski definition) is 5. The standard InChI is InChI=1S/C11H11IN4O3/c12-6-3-5-4(7-10(18)16-11(19)15-7)1-2-13-9(17)8(5)14-6/h3,10,14,18H,1-2H2,(H,13,17)(H2,15,16,19)/b7-4-. The van der Waals surface area contributed by atoms with Gasteiger partial charge in [0.1, 0.15) is 5.69 Å². The molecule has 5 N–H and O–H groups in total. The van der Waals surface area contributed by atoms with Crippen LogP contribution in [0.5, 0.6) is 0 Å². The van der Waals surface area contributed by atoms with Crippen LogP contribution in [0.2, 0.25) is 0 Å². The van der Waals surface area contributed by atoms with Gasteiger partial charge in [0.2, 0.25) is 0 Å². The number of aliphatic hydroxyl groups is 1. The van der Waals surface area contributed by atoms with E-state index in [4.69, 9.17) is 0 Å². The molecular formula is C11H11IN4O3. The average Bonchev–Trinajstić information content (AvgIpc) is 2.84. The lowest BCUT2D eigenvalue weighted by atomic mass is 10.0. The van der Waals surface area contributed by atoms with Crippen molar-refractivity contribution in [2.45, 2.75) is 12.6 Å². The van der Waals surface area contributed by atoms with Crippen molar-refractivity contribution >= 4 is 40.1 Å². The van der Waals surface area contributed by atoms with Gasteiger partial charge in [0.25, 0.3) is 5.91 Å². The van der Waals surface area contributed by atoms with Crippen LogP contribution in [0.1, 0.15) is 22.5 Å². The van der Waals surface area contributed by atoms with Crippen LogP contribution in [-0.2, 0) is 0 Å². The number of aliphatic hydroxyl groups excluding tert-OH is 1. The second kappa shape index (κ2) is 4.53. The first-order valence-corrected chi connectivity index (χ1v) is 6.80. The lowest BCUT2D eigenvalue weighted by molar-refractivity contribution is 0.0951. The Kier molecular flexibility index (Phi) is 2.97. The van der Waals surface area contributed by atoms with Gasteiger partial charge in [-0.15, -0.1) is 0 Å². The normalized spacial score (nSPS) is 26.3. The highest BCUT2D eigenvalue weighted by atomic mass is 127. The number of hydrogen-bond acceptors (Lipinski definition) is 3. The lowest BCUT2D eigenvalue weighted by Crippen LogP contribution is -2.25. The van der Waals surface area contributed by atoms with Gasteiger partial charge in [-0.3, -0.25) is 4.79 Å². The van der Waals surface area contributed by atoms with Crippen LogP contribution in [0, 0.1) is 3.70 Å². The predicted octanol–water partition coefficient (Wildman–Crippen LogP) is 0.0951. The fourth-order valence-corrected chi connectivity index (χ4v) is 2.89. The number of halogens is 1. The van der Waals surface area contributed by atoms with Gasteiger partial charge in [0, 0.05) is 12.1 Å². The summed E-state index contributed by atoms with van der Waals surface area (Å²) in [5.41, 5.74) is 2.35. The van der Waals surface area contributed by atoms with Crippen molar-refractivity contribution in [3.63, 3.8) is 0 Å². The molecule has 2 aliphatic rings. The molecule has 1 atom stereocenters. The molecule has 0 aliphatic carbocycles. The van der Waals surface area contributed by atoms with Crippen molar-refractivity contribution < 1.29 is 14.7 Å². The monoisotopic (exact) mass is 374 g/mol. The van der Waals surface area contributed by atoms with Gasteiger partial charge in [-0.05, 0) is 40.7 Å². The first-order chi connectivity index (χ1) is 9.06. The lowest BCUT2D eigenvalue weighted by Gasteiger charge is -2.10. The fraction of sp³-hybridized carbons (Fsp3) is 0.273. The summed E-state index contributed by atoms with van der Waals surface area (Å²) < 4.78 is 0.824. The molecule has 0 spiro atoms. The highest BCUT2D eigenvalue weighted by molar-refractivity contribution is 14.1. The van der Waals surface area contributed by atoms with Gasteiger partial charge in [0.05, 0.1) is 9.40 Å². The minimum Gasteiger partial charge on any atom is -0.368 e. The predicted molar refractivity (Wildman–Crippen MR) is 75.1 cm³/mol. The molecule has 19 heavy (non-hydrogen) atoms. The van der Waals surface area contributed by atoms with Crippen molar-refractivity contribution in [3.05, 3.63) is 26.7 Å². The Hall–Kier alpha value is -1.55. The van der Waals surface area contributed by atoms with Gasteiger partial charge in [-0.1, -0.05) is 0 Å². The minimum absolute atomic E-state index is 0.180. The Balaban J connectivity index is 2.16. The number of urea groups is 1. The van der Waals surface area contributed by atoms with Gasteiger partial charge >= 0.3 is 6.03 Å². The zero-order valence-electron chi connectivity index (χ0n) is 9.71. The molecule has 3 heterocycles. The summed E-state index contributed by atoms with van der Waals surface area (Å²) in [7, 11) is 0. The van der Waals surface area contributed by atoms with Gasteiger partial charge in [-0.2, -0.15) is 0 Å². The molecule has 3 rings (SSSR count). The molecule has 1 saturated heterocycles. The van der Waals surface area contributed by atoms with E-state index in [2.05, 4.69) is 43.5 Å². The van der Waals surface area contributed by atoms with Crippen molar-refractivity contribution in [1.82, 2.24) is 20.9 Å². The Morgan fingerprint density at radius 3 is 2.84 bits per heavy atom. The van der Waals surface area contributed by atoms with Crippen LogP contribution in [0.4, 0.5) is 4.79 Å². The largest absolute Gasteiger partial charge is 0.368 e. The molecule has 1 unspecified atom stereocenters. The molecule has 100 valence electrons. The summed E-state index contributed by atoms with van der Waals surface area (Å²) in [6.07, 6.45) is -0.516. The third-order valence-corrected chi connectivity index (χ3v) is 3.69. The maximum absolute atomic E-state index is 11.9. The quantitative estimate of drug-likeness (QED) is 0.416.